The Hall–Kier alpha value is -2.23. The summed E-state index contributed by atoms with van der Waals surface area (Å²) in [6.45, 7) is 4.16. The molecule has 0 bridgehead atoms. The Bertz CT molecular complexity index is 559. The van der Waals surface area contributed by atoms with Crippen LogP contribution < -0.4 is 10.9 Å². The minimum absolute atomic E-state index is 0.0478. The third-order valence-electron chi connectivity index (χ3n) is 3.50. The van der Waals surface area contributed by atoms with Gasteiger partial charge in [-0.25, -0.2) is 0 Å². The summed E-state index contributed by atoms with van der Waals surface area (Å²) in [6, 6.07) is 8.18. The number of carbonyl (C=O) groups is 1. The number of aryl methyl sites for hydroxylation is 1. The average molecular weight is 300 g/mol. The van der Waals surface area contributed by atoms with Gasteiger partial charge in [0.25, 0.3) is 5.91 Å². The molecule has 22 heavy (non-hydrogen) atoms. The van der Waals surface area contributed by atoms with E-state index in [1.807, 2.05) is 18.2 Å². The van der Waals surface area contributed by atoms with E-state index >= 15 is 0 Å². The minimum atomic E-state index is -0.179. The maximum absolute atomic E-state index is 11.8. The van der Waals surface area contributed by atoms with Gasteiger partial charge in [-0.2, -0.15) is 0 Å². The highest BCUT2D eigenvalue weighted by atomic mass is 16.5. The van der Waals surface area contributed by atoms with Gasteiger partial charge in [0.05, 0.1) is 11.5 Å². The van der Waals surface area contributed by atoms with Crippen molar-refractivity contribution in [3.8, 4) is 0 Å². The molecule has 1 amide bonds. The Morgan fingerprint density at radius 3 is 2.68 bits per heavy atom. The quantitative estimate of drug-likeness (QED) is 0.758. The van der Waals surface area contributed by atoms with Gasteiger partial charge in [0.2, 0.25) is 0 Å². The lowest BCUT2D eigenvalue weighted by molar-refractivity contribution is -0.125. The van der Waals surface area contributed by atoms with Crippen LogP contribution in [0.3, 0.4) is 0 Å². The van der Waals surface area contributed by atoms with Crippen LogP contribution in [0.1, 0.15) is 43.7 Å². The summed E-state index contributed by atoms with van der Waals surface area (Å²) in [5, 5.41) is 0. The van der Waals surface area contributed by atoms with Crippen molar-refractivity contribution in [2.45, 2.75) is 39.5 Å². The first kappa shape index (κ1) is 16.1. The van der Waals surface area contributed by atoms with E-state index in [9.17, 15) is 4.79 Å². The van der Waals surface area contributed by atoms with Gasteiger partial charge in [0.15, 0.2) is 6.61 Å². The molecular weight excluding hydrogens is 276 g/mol. The van der Waals surface area contributed by atoms with Crippen LogP contribution in [0.5, 0.6) is 0 Å². The molecule has 0 saturated heterocycles. The third kappa shape index (κ3) is 4.95. The van der Waals surface area contributed by atoms with E-state index in [0.29, 0.717) is 0 Å². The number of nitrogens with one attached hydrogen (secondary N) is 2. The first-order valence-electron chi connectivity index (χ1n) is 7.83. The molecule has 1 aromatic carbocycles. The maximum atomic E-state index is 11.8. The molecule has 0 aliphatic heterocycles. The number of hydrogen-bond donors (Lipinski definition) is 2. The van der Waals surface area contributed by atoms with E-state index in [-0.39, 0.29) is 12.5 Å². The van der Waals surface area contributed by atoms with Crippen molar-refractivity contribution < 1.29 is 9.53 Å². The van der Waals surface area contributed by atoms with Crippen LogP contribution in [-0.2, 0) is 9.53 Å². The van der Waals surface area contributed by atoms with E-state index < -0.39 is 0 Å². The summed E-state index contributed by atoms with van der Waals surface area (Å²) >= 11 is 0. The second-order valence-electron chi connectivity index (χ2n) is 5.42. The lowest BCUT2D eigenvalue weighted by Gasteiger charge is -2.13. The highest BCUT2D eigenvalue weighted by molar-refractivity contribution is 5.78. The van der Waals surface area contributed by atoms with Crippen LogP contribution in [-0.4, -0.2) is 12.5 Å². The Morgan fingerprint density at radius 2 is 2.05 bits per heavy atom. The molecule has 0 saturated carbocycles. The zero-order valence-corrected chi connectivity index (χ0v) is 13.3. The van der Waals surface area contributed by atoms with E-state index in [1.165, 1.54) is 5.56 Å². The summed E-state index contributed by atoms with van der Waals surface area (Å²) in [5.41, 5.74) is 8.85. The van der Waals surface area contributed by atoms with Crippen molar-refractivity contribution in [3.63, 3.8) is 0 Å². The molecule has 1 aliphatic rings. The van der Waals surface area contributed by atoms with Gasteiger partial charge in [-0.3, -0.25) is 15.6 Å². The Morgan fingerprint density at radius 1 is 1.27 bits per heavy atom. The molecule has 0 fully saturated rings. The molecule has 0 radical (unpaired) electrons. The van der Waals surface area contributed by atoms with E-state index in [2.05, 4.69) is 42.9 Å². The number of hydrazine groups is 1. The SMILES string of the molecule is CCC=C(NNC(=O)COC1=CCCC1)c1ccc(C)cc1. The summed E-state index contributed by atoms with van der Waals surface area (Å²) in [6.07, 6.45) is 8.08. The molecule has 1 aliphatic carbocycles. The molecule has 118 valence electrons. The maximum Gasteiger partial charge on any atom is 0.276 e. The van der Waals surface area contributed by atoms with Gasteiger partial charge < -0.3 is 4.74 Å². The van der Waals surface area contributed by atoms with Crippen LogP contribution in [0.4, 0.5) is 0 Å². The smallest absolute Gasteiger partial charge is 0.276 e. The number of ether oxygens (including phenoxy) is 1. The molecule has 1 aromatic rings. The number of amides is 1. The fourth-order valence-electron chi connectivity index (χ4n) is 2.28. The van der Waals surface area contributed by atoms with Crippen molar-refractivity contribution in [1.82, 2.24) is 10.9 Å². The fourth-order valence-corrected chi connectivity index (χ4v) is 2.28. The molecule has 2 rings (SSSR count). The van der Waals surface area contributed by atoms with Crippen LogP contribution in [0.15, 0.2) is 42.2 Å². The van der Waals surface area contributed by atoms with E-state index in [1.54, 1.807) is 0 Å². The molecule has 4 nitrogen and oxygen atoms in total. The Labute approximate surface area is 132 Å². The standard InChI is InChI=1S/C18H24N2O2/c1-3-6-17(15-11-9-14(2)10-12-15)19-20-18(21)13-22-16-7-4-5-8-16/h6-7,9-12,19H,3-5,8,13H2,1-2H3,(H,20,21). The van der Waals surface area contributed by atoms with Gasteiger partial charge >= 0.3 is 0 Å². The summed E-state index contributed by atoms with van der Waals surface area (Å²) in [4.78, 5) is 11.8. The molecule has 0 heterocycles. The second kappa shape index (κ2) is 8.27. The van der Waals surface area contributed by atoms with Gasteiger partial charge in [0, 0.05) is 6.42 Å². The number of benzene rings is 1. The number of carbonyl (C=O) groups excluding carboxylic acids is 1. The van der Waals surface area contributed by atoms with Crippen molar-refractivity contribution in [1.29, 1.82) is 0 Å². The number of hydrogen-bond acceptors (Lipinski definition) is 3. The Balaban J connectivity index is 1.84. The first-order chi connectivity index (χ1) is 10.7. The predicted molar refractivity (Wildman–Crippen MR) is 88.6 cm³/mol. The molecule has 4 heteroatoms. The van der Waals surface area contributed by atoms with Crippen molar-refractivity contribution in [2.24, 2.45) is 0 Å². The highest BCUT2D eigenvalue weighted by Crippen LogP contribution is 2.18. The zero-order valence-electron chi connectivity index (χ0n) is 13.3. The van der Waals surface area contributed by atoms with Crippen molar-refractivity contribution in [3.05, 3.63) is 53.3 Å². The molecule has 0 aromatic heterocycles. The fraction of sp³-hybridized carbons (Fsp3) is 0.389. The van der Waals surface area contributed by atoms with Gasteiger partial charge in [-0.05, 0) is 37.8 Å². The van der Waals surface area contributed by atoms with Crippen LogP contribution in [0.2, 0.25) is 0 Å². The van der Waals surface area contributed by atoms with Gasteiger partial charge in [-0.15, -0.1) is 0 Å². The summed E-state index contributed by atoms with van der Waals surface area (Å²) in [7, 11) is 0. The number of allylic oxidation sites excluding steroid dienone is 3. The molecule has 0 atom stereocenters. The average Bonchev–Trinajstić information content (AvgIpc) is 3.04. The van der Waals surface area contributed by atoms with Crippen LogP contribution >= 0.6 is 0 Å². The second-order valence-corrected chi connectivity index (χ2v) is 5.42. The number of rotatable bonds is 7. The molecule has 0 unspecified atom stereocenters. The van der Waals surface area contributed by atoms with Crippen molar-refractivity contribution in [2.75, 3.05) is 6.61 Å². The lowest BCUT2D eigenvalue weighted by Crippen LogP contribution is -2.38. The molecular formula is C18H24N2O2. The van der Waals surface area contributed by atoms with Gasteiger partial charge in [-0.1, -0.05) is 42.8 Å². The topological polar surface area (TPSA) is 50.4 Å². The minimum Gasteiger partial charge on any atom is -0.488 e. The summed E-state index contributed by atoms with van der Waals surface area (Å²) in [5.74, 6) is 0.750. The van der Waals surface area contributed by atoms with E-state index in [0.717, 1.165) is 42.7 Å². The Kier molecular flexibility index (Phi) is 6.07. The first-order valence-corrected chi connectivity index (χ1v) is 7.83. The van der Waals surface area contributed by atoms with E-state index in [4.69, 9.17) is 4.74 Å². The van der Waals surface area contributed by atoms with Crippen LogP contribution in [0.25, 0.3) is 5.70 Å². The molecule has 2 N–H and O–H groups in total. The molecule has 0 spiro atoms. The highest BCUT2D eigenvalue weighted by Gasteiger charge is 2.09. The zero-order chi connectivity index (χ0) is 15.8. The lowest BCUT2D eigenvalue weighted by atomic mass is 10.1. The normalized spacial score (nSPS) is 14.5. The van der Waals surface area contributed by atoms with Gasteiger partial charge in [0.1, 0.15) is 0 Å². The third-order valence-corrected chi connectivity index (χ3v) is 3.50. The van der Waals surface area contributed by atoms with Crippen LogP contribution in [0, 0.1) is 6.92 Å². The van der Waals surface area contributed by atoms with Crippen molar-refractivity contribution >= 4 is 11.6 Å². The predicted octanol–water partition coefficient (Wildman–Crippen LogP) is 3.45. The monoisotopic (exact) mass is 300 g/mol. The summed E-state index contributed by atoms with van der Waals surface area (Å²) < 4.78 is 5.47. The largest absolute Gasteiger partial charge is 0.488 e.